The van der Waals surface area contributed by atoms with Gasteiger partial charge in [0.15, 0.2) is 0 Å². The predicted molar refractivity (Wildman–Crippen MR) is 87.2 cm³/mol. The zero-order chi connectivity index (χ0) is 15.5. The molecule has 1 fully saturated rings. The number of benzene rings is 1. The number of hydrogen-bond acceptors (Lipinski definition) is 3. The van der Waals surface area contributed by atoms with Crippen LogP contribution in [0.2, 0.25) is 0 Å². The quantitative estimate of drug-likeness (QED) is 0.868. The van der Waals surface area contributed by atoms with Crippen LogP contribution in [0.4, 0.5) is 4.79 Å². The van der Waals surface area contributed by atoms with Gasteiger partial charge < -0.3 is 15.4 Å². The Labute approximate surface area is 134 Å². The van der Waals surface area contributed by atoms with Gasteiger partial charge in [-0.25, -0.2) is 4.79 Å². The highest BCUT2D eigenvalue weighted by molar-refractivity contribution is 9.10. The third-order valence-corrected chi connectivity index (χ3v) is 4.17. The summed E-state index contributed by atoms with van der Waals surface area (Å²) in [6, 6.07) is 8.87. The number of hydrogen-bond donors (Lipinski definition) is 2. The molecule has 1 aliphatic carbocycles. The molecule has 1 aliphatic rings. The summed E-state index contributed by atoms with van der Waals surface area (Å²) in [4.78, 5) is 11.6. The molecule has 1 aromatic carbocycles. The van der Waals surface area contributed by atoms with Crippen molar-refractivity contribution in [2.45, 2.75) is 57.8 Å². The van der Waals surface area contributed by atoms with Crippen LogP contribution in [0.5, 0.6) is 0 Å². The monoisotopic (exact) mass is 354 g/mol. The van der Waals surface area contributed by atoms with Gasteiger partial charge in [0.25, 0.3) is 0 Å². The van der Waals surface area contributed by atoms with E-state index < -0.39 is 5.60 Å². The molecule has 116 valence electrons. The van der Waals surface area contributed by atoms with Crippen molar-refractivity contribution in [1.82, 2.24) is 10.6 Å². The van der Waals surface area contributed by atoms with Gasteiger partial charge in [-0.1, -0.05) is 34.1 Å². The van der Waals surface area contributed by atoms with Crippen molar-refractivity contribution in [3.63, 3.8) is 0 Å². The van der Waals surface area contributed by atoms with Crippen molar-refractivity contribution >= 4 is 22.0 Å². The first-order chi connectivity index (χ1) is 9.83. The molecule has 5 heteroatoms. The van der Waals surface area contributed by atoms with Crippen LogP contribution in [0.1, 0.15) is 39.2 Å². The van der Waals surface area contributed by atoms with Crippen LogP contribution in [0.3, 0.4) is 0 Å². The van der Waals surface area contributed by atoms with E-state index in [2.05, 4.69) is 32.6 Å². The standard InChI is InChI=1S/C16H23BrN2O2/c1-16(2,3)21-15(20)19-13-8-12(9-13)18-10-11-6-4-5-7-14(11)17/h4-7,12-13,18H,8-10H2,1-3H3,(H,19,20). The molecule has 0 heterocycles. The molecule has 1 aromatic rings. The van der Waals surface area contributed by atoms with Crippen molar-refractivity contribution in [3.8, 4) is 0 Å². The van der Waals surface area contributed by atoms with Crippen LogP contribution in [-0.4, -0.2) is 23.8 Å². The summed E-state index contributed by atoms with van der Waals surface area (Å²) in [6.45, 7) is 6.45. The minimum Gasteiger partial charge on any atom is -0.444 e. The van der Waals surface area contributed by atoms with Crippen molar-refractivity contribution < 1.29 is 9.53 Å². The second-order valence-electron chi connectivity index (χ2n) is 6.48. The van der Waals surface area contributed by atoms with E-state index in [-0.39, 0.29) is 12.1 Å². The van der Waals surface area contributed by atoms with E-state index in [1.165, 1.54) is 5.56 Å². The van der Waals surface area contributed by atoms with E-state index in [4.69, 9.17) is 4.74 Å². The van der Waals surface area contributed by atoms with Gasteiger partial charge in [-0.05, 0) is 45.2 Å². The van der Waals surface area contributed by atoms with Crippen molar-refractivity contribution in [2.24, 2.45) is 0 Å². The SMILES string of the molecule is CC(C)(C)OC(=O)NC1CC(NCc2ccccc2Br)C1. The summed E-state index contributed by atoms with van der Waals surface area (Å²) in [5.74, 6) is 0. The van der Waals surface area contributed by atoms with E-state index >= 15 is 0 Å². The van der Waals surface area contributed by atoms with Crippen molar-refractivity contribution in [1.29, 1.82) is 0 Å². The van der Waals surface area contributed by atoms with Gasteiger partial charge in [0, 0.05) is 23.1 Å². The molecule has 0 radical (unpaired) electrons. The smallest absolute Gasteiger partial charge is 0.407 e. The minimum atomic E-state index is -0.439. The highest BCUT2D eigenvalue weighted by Gasteiger charge is 2.31. The summed E-state index contributed by atoms with van der Waals surface area (Å²) in [7, 11) is 0. The molecule has 2 N–H and O–H groups in total. The van der Waals surface area contributed by atoms with Gasteiger partial charge in [0.2, 0.25) is 0 Å². The molecule has 1 amide bonds. The predicted octanol–water partition coefficient (Wildman–Crippen LogP) is 3.59. The zero-order valence-corrected chi connectivity index (χ0v) is 14.4. The Bertz CT molecular complexity index is 493. The molecule has 1 saturated carbocycles. The Kier molecular flexibility index (Phi) is 5.27. The van der Waals surface area contributed by atoms with Crippen LogP contribution in [-0.2, 0) is 11.3 Å². The van der Waals surface area contributed by atoms with E-state index in [1.807, 2.05) is 39.0 Å². The molecular weight excluding hydrogens is 332 g/mol. The fourth-order valence-electron chi connectivity index (χ4n) is 2.27. The van der Waals surface area contributed by atoms with Gasteiger partial charge in [-0.2, -0.15) is 0 Å². The second kappa shape index (κ2) is 6.79. The molecule has 0 aromatic heterocycles. The Morgan fingerprint density at radius 3 is 2.57 bits per heavy atom. The largest absolute Gasteiger partial charge is 0.444 e. The fraction of sp³-hybridized carbons (Fsp3) is 0.562. The highest BCUT2D eigenvalue weighted by Crippen LogP contribution is 2.22. The molecule has 0 unspecified atom stereocenters. The van der Waals surface area contributed by atoms with E-state index in [0.717, 1.165) is 23.9 Å². The number of carbonyl (C=O) groups is 1. The number of alkyl carbamates (subject to hydrolysis) is 1. The number of rotatable bonds is 4. The molecule has 4 nitrogen and oxygen atoms in total. The Balaban J connectivity index is 1.66. The maximum absolute atomic E-state index is 11.6. The average Bonchev–Trinajstić information content (AvgIpc) is 2.31. The summed E-state index contributed by atoms with van der Waals surface area (Å²) in [6.07, 6.45) is 1.57. The molecule has 0 spiro atoms. The molecule has 0 saturated heterocycles. The molecular formula is C16H23BrN2O2. The first-order valence-electron chi connectivity index (χ1n) is 7.30. The van der Waals surface area contributed by atoms with Gasteiger partial charge >= 0.3 is 6.09 Å². The van der Waals surface area contributed by atoms with Gasteiger partial charge in [0.05, 0.1) is 0 Å². The highest BCUT2D eigenvalue weighted by atomic mass is 79.9. The van der Waals surface area contributed by atoms with E-state index in [1.54, 1.807) is 0 Å². The third kappa shape index (κ3) is 5.32. The topological polar surface area (TPSA) is 50.4 Å². The number of nitrogens with one attached hydrogen (secondary N) is 2. The zero-order valence-electron chi connectivity index (χ0n) is 12.8. The number of carbonyl (C=O) groups excluding carboxylic acids is 1. The Hall–Kier alpha value is -1.07. The first kappa shape index (κ1) is 16.3. The van der Waals surface area contributed by atoms with E-state index in [0.29, 0.717) is 6.04 Å². The summed E-state index contributed by atoms with van der Waals surface area (Å²) < 4.78 is 6.37. The van der Waals surface area contributed by atoms with Crippen LogP contribution in [0.15, 0.2) is 28.7 Å². The van der Waals surface area contributed by atoms with Crippen LogP contribution in [0.25, 0.3) is 0 Å². The van der Waals surface area contributed by atoms with Gasteiger partial charge in [-0.3, -0.25) is 0 Å². The molecule has 0 bridgehead atoms. The molecule has 0 aliphatic heterocycles. The summed E-state index contributed by atoms with van der Waals surface area (Å²) in [5.41, 5.74) is 0.812. The van der Waals surface area contributed by atoms with Crippen molar-refractivity contribution in [2.75, 3.05) is 0 Å². The lowest BCUT2D eigenvalue weighted by atomic mass is 9.87. The molecule has 21 heavy (non-hydrogen) atoms. The van der Waals surface area contributed by atoms with Crippen LogP contribution in [0, 0.1) is 0 Å². The normalized spacial score (nSPS) is 21.5. The average molecular weight is 355 g/mol. The summed E-state index contributed by atoms with van der Waals surface area (Å²) in [5, 5.41) is 6.41. The fourth-order valence-corrected chi connectivity index (χ4v) is 2.70. The Morgan fingerprint density at radius 2 is 1.95 bits per heavy atom. The lowest BCUT2D eigenvalue weighted by molar-refractivity contribution is 0.0465. The van der Waals surface area contributed by atoms with Gasteiger partial charge in [-0.15, -0.1) is 0 Å². The minimum absolute atomic E-state index is 0.219. The van der Waals surface area contributed by atoms with Crippen molar-refractivity contribution in [3.05, 3.63) is 34.3 Å². The summed E-state index contributed by atoms with van der Waals surface area (Å²) >= 11 is 3.55. The third-order valence-electron chi connectivity index (χ3n) is 3.40. The van der Waals surface area contributed by atoms with E-state index in [9.17, 15) is 4.79 Å². The molecule has 0 atom stereocenters. The number of halogens is 1. The first-order valence-corrected chi connectivity index (χ1v) is 8.09. The Morgan fingerprint density at radius 1 is 1.29 bits per heavy atom. The number of amides is 1. The maximum Gasteiger partial charge on any atom is 0.407 e. The van der Waals surface area contributed by atoms with Crippen LogP contribution < -0.4 is 10.6 Å². The number of ether oxygens (including phenoxy) is 1. The lowest BCUT2D eigenvalue weighted by Crippen LogP contribution is -2.52. The van der Waals surface area contributed by atoms with Gasteiger partial charge in [0.1, 0.15) is 5.60 Å². The second-order valence-corrected chi connectivity index (χ2v) is 7.34. The molecule has 2 rings (SSSR count). The maximum atomic E-state index is 11.6. The lowest BCUT2D eigenvalue weighted by Gasteiger charge is -2.36. The van der Waals surface area contributed by atoms with Crippen LogP contribution >= 0.6 is 15.9 Å².